The molecule has 0 unspecified atom stereocenters. The van der Waals surface area contributed by atoms with Gasteiger partial charge in [0.15, 0.2) is 0 Å². The SMILES string of the molecule is Cc1ccc(SC2COC2)c(CN)c1. The quantitative estimate of drug-likeness (QED) is 0.826. The van der Waals surface area contributed by atoms with E-state index in [1.54, 1.807) is 0 Å². The molecule has 0 bridgehead atoms. The van der Waals surface area contributed by atoms with Gasteiger partial charge in [-0.3, -0.25) is 0 Å². The molecule has 0 spiro atoms. The molecule has 0 radical (unpaired) electrons. The largest absolute Gasteiger partial charge is 0.379 e. The Morgan fingerprint density at radius 2 is 2.29 bits per heavy atom. The molecule has 0 saturated carbocycles. The molecular formula is C11H15NOS. The van der Waals surface area contributed by atoms with Crippen molar-refractivity contribution in [2.24, 2.45) is 5.73 Å². The van der Waals surface area contributed by atoms with Gasteiger partial charge in [0.2, 0.25) is 0 Å². The van der Waals surface area contributed by atoms with Gasteiger partial charge in [0, 0.05) is 11.4 Å². The lowest BCUT2D eigenvalue weighted by Gasteiger charge is -2.26. The molecular weight excluding hydrogens is 194 g/mol. The van der Waals surface area contributed by atoms with Crippen LogP contribution in [0.4, 0.5) is 0 Å². The van der Waals surface area contributed by atoms with Crippen LogP contribution in [0.15, 0.2) is 23.1 Å². The maximum Gasteiger partial charge on any atom is 0.0611 e. The van der Waals surface area contributed by atoms with Crippen LogP contribution in [0.1, 0.15) is 11.1 Å². The maximum atomic E-state index is 5.71. The molecule has 0 aromatic heterocycles. The van der Waals surface area contributed by atoms with Crippen molar-refractivity contribution in [1.82, 2.24) is 0 Å². The van der Waals surface area contributed by atoms with Gasteiger partial charge in [-0.25, -0.2) is 0 Å². The van der Waals surface area contributed by atoms with E-state index in [-0.39, 0.29) is 0 Å². The molecule has 1 aliphatic heterocycles. The third-order valence-corrected chi connectivity index (χ3v) is 3.59. The smallest absolute Gasteiger partial charge is 0.0611 e. The number of aryl methyl sites for hydroxylation is 1. The first-order valence-electron chi connectivity index (χ1n) is 4.83. The summed E-state index contributed by atoms with van der Waals surface area (Å²) < 4.78 is 5.15. The Bertz CT molecular complexity index is 323. The fraction of sp³-hybridized carbons (Fsp3) is 0.455. The fourth-order valence-electron chi connectivity index (χ4n) is 1.44. The summed E-state index contributed by atoms with van der Waals surface area (Å²) in [7, 11) is 0. The lowest BCUT2D eigenvalue weighted by Crippen LogP contribution is -2.30. The Morgan fingerprint density at radius 3 is 2.86 bits per heavy atom. The Kier molecular flexibility index (Phi) is 3.11. The molecule has 1 aliphatic rings. The van der Waals surface area contributed by atoms with Crippen molar-refractivity contribution in [3.8, 4) is 0 Å². The Balaban J connectivity index is 2.14. The van der Waals surface area contributed by atoms with E-state index in [1.165, 1.54) is 16.0 Å². The number of thioether (sulfide) groups is 1. The summed E-state index contributed by atoms with van der Waals surface area (Å²) in [6.45, 7) is 4.47. The first-order chi connectivity index (χ1) is 6.79. The normalized spacial score (nSPS) is 16.7. The van der Waals surface area contributed by atoms with Gasteiger partial charge >= 0.3 is 0 Å². The lowest BCUT2D eigenvalue weighted by atomic mass is 10.1. The third kappa shape index (κ3) is 2.11. The van der Waals surface area contributed by atoms with Crippen molar-refractivity contribution in [1.29, 1.82) is 0 Å². The van der Waals surface area contributed by atoms with Gasteiger partial charge in [0.1, 0.15) is 0 Å². The van der Waals surface area contributed by atoms with Crippen LogP contribution in [0.5, 0.6) is 0 Å². The van der Waals surface area contributed by atoms with Crippen molar-refractivity contribution in [3.63, 3.8) is 0 Å². The second-order valence-corrected chi connectivity index (χ2v) is 4.93. The molecule has 1 fully saturated rings. The van der Waals surface area contributed by atoms with Crippen LogP contribution in [-0.2, 0) is 11.3 Å². The molecule has 1 aromatic rings. The topological polar surface area (TPSA) is 35.2 Å². The molecule has 2 N–H and O–H groups in total. The average Bonchev–Trinajstić information content (AvgIpc) is 2.13. The molecule has 1 heterocycles. The summed E-state index contributed by atoms with van der Waals surface area (Å²) in [4.78, 5) is 1.31. The highest BCUT2D eigenvalue weighted by Gasteiger charge is 2.20. The third-order valence-electron chi connectivity index (χ3n) is 2.34. The second-order valence-electron chi connectivity index (χ2n) is 3.59. The number of hydrogen-bond donors (Lipinski definition) is 1. The lowest BCUT2D eigenvalue weighted by molar-refractivity contribution is 0.0455. The monoisotopic (exact) mass is 209 g/mol. The van der Waals surface area contributed by atoms with Crippen LogP contribution in [0.2, 0.25) is 0 Å². The highest BCUT2D eigenvalue weighted by molar-refractivity contribution is 8.00. The highest BCUT2D eigenvalue weighted by Crippen LogP contribution is 2.30. The predicted molar refractivity (Wildman–Crippen MR) is 59.5 cm³/mol. The summed E-state index contributed by atoms with van der Waals surface area (Å²) in [5.41, 5.74) is 8.24. The number of hydrogen-bond acceptors (Lipinski definition) is 3. The van der Waals surface area contributed by atoms with Crippen molar-refractivity contribution < 1.29 is 4.74 Å². The molecule has 1 aromatic carbocycles. The van der Waals surface area contributed by atoms with E-state index in [0.717, 1.165) is 13.2 Å². The van der Waals surface area contributed by atoms with E-state index in [9.17, 15) is 0 Å². The van der Waals surface area contributed by atoms with E-state index in [0.29, 0.717) is 11.8 Å². The highest BCUT2D eigenvalue weighted by atomic mass is 32.2. The van der Waals surface area contributed by atoms with Crippen LogP contribution in [0.25, 0.3) is 0 Å². The maximum absolute atomic E-state index is 5.71. The van der Waals surface area contributed by atoms with E-state index in [1.807, 2.05) is 11.8 Å². The van der Waals surface area contributed by atoms with Gasteiger partial charge in [-0.05, 0) is 18.6 Å². The van der Waals surface area contributed by atoms with Crippen molar-refractivity contribution >= 4 is 11.8 Å². The summed E-state index contributed by atoms with van der Waals surface area (Å²) in [6.07, 6.45) is 0. The summed E-state index contributed by atoms with van der Waals surface area (Å²) >= 11 is 1.89. The molecule has 2 nitrogen and oxygen atoms in total. The van der Waals surface area contributed by atoms with Crippen LogP contribution in [-0.4, -0.2) is 18.5 Å². The molecule has 0 amide bonds. The molecule has 14 heavy (non-hydrogen) atoms. The van der Waals surface area contributed by atoms with Crippen molar-refractivity contribution in [2.45, 2.75) is 23.6 Å². The van der Waals surface area contributed by atoms with Crippen LogP contribution in [0.3, 0.4) is 0 Å². The number of ether oxygens (including phenoxy) is 1. The van der Waals surface area contributed by atoms with Crippen LogP contribution >= 0.6 is 11.8 Å². The van der Waals surface area contributed by atoms with E-state index in [4.69, 9.17) is 10.5 Å². The minimum Gasteiger partial charge on any atom is -0.379 e. The van der Waals surface area contributed by atoms with Crippen LogP contribution in [0, 0.1) is 6.92 Å². The van der Waals surface area contributed by atoms with Gasteiger partial charge in [0.05, 0.1) is 18.5 Å². The first kappa shape index (κ1) is 10.0. The van der Waals surface area contributed by atoms with Gasteiger partial charge in [-0.2, -0.15) is 0 Å². The molecule has 2 rings (SSSR count). The zero-order valence-corrected chi connectivity index (χ0v) is 9.14. The van der Waals surface area contributed by atoms with Crippen molar-refractivity contribution in [2.75, 3.05) is 13.2 Å². The zero-order chi connectivity index (χ0) is 9.97. The minimum absolute atomic E-state index is 0.623. The van der Waals surface area contributed by atoms with E-state index in [2.05, 4.69) is 25.1 Å². The van der Waals surface area contributed by atoms with Crippen molar-refractivity contribution in [3.05, 3.63) is 29.3 Å². The van der Waals surface area contributed by atoms with Gasteiger partial charge < -0.3 is 10.5 Å². The average molecular weight is 209 g/mol. The minimum atomic E-state index is 0.623. The van der Waals surface area contributed by atoms with Gasteiger partial charge in [-0.15, -0.1) is 11.8 Å². The Labute approximate surface area is 88.8 Å². The number of benzene rings is 1. The molecule has 0 atom stereocenters. The molecule has 76 valence electrons. The fourth-order valence-corrected chi connectivity index (χ4v) is 2.57. The summed E-state index contributed by atoms with van der Waals surface area (Å²) in [6, 6.07) is 6.48. The van der Waals surface area contributed by atoms with Gasteiger partial charge in [-0.1, -0.05) is 17.7 Å². The van der Waals surface area contributed by atoms with E-state index >= 15 is 0 Å². The van der Waals surface area contributed by atoms with E-state index < -0.39 is 0 Å². The number of rotatable bonds is 3. The second kappa shape index (κ2) is 4.34. The molecule has 3 heteroatoms. The van der Waals surface area contributed by atoms with Gasteiger partial charge in [0.25, 0.3) is 0 Å². The molecule has 1 saturated heterocycles. The first-order valence-corrected chi connectivity index (χ1v) is 5.71. The predicted octanol–water partition coefficient (Wildman–Crippen LogP) is 1.94. The zero-order valence-electron chi connectivity index (χ0n) is 8.32. The standard InChI is InChI=1S/C11H15NOS/c1-8-2-3-11(9(4-8)5-12)14-10-6-13-7-10/h2-4,10H,5-7,12H2,1H3. The molecule has 0 aliphatic carbocycles. The summed E-state index contributed by atoms with van der Waals surface area (Å²) in [5, 5.41) is 0.628. The Hall–Kier alpha value is -0.510. The Morgan fingerprint density at radius 1 is 1.50 bits per heavy atom. The summed E-state index contributed by atoms with van der Waals surface area (Å²) in [5.74, 6) is 0. The van der Waals surface area contributed by atoms with Crippen LogP contribution < -0.4 is 5.73 Å². The number of nitrogens with two attached hydrogens (primary N) is 1.